The van der Waals surface area contributed by atoms with Gasteiger partial charge in [-0.15, -0.1) is 24.0 Å². The lowest BCUT2D eigenvalue weighted by Crippen LogP contribution is -2.37. The van der Waals surface area contributed by atoms with Crippen molar-refractivity contribution < 1.29 is 13.6 Å². The zero-order valence-electron chi connectivity index (χ0n) is 16.0. The Morgan fingerprint density at radius 1 is 1.25 bits per heavy atom. The highest BCUT2D eigenvalue weighted by Crippen LogP contribution is 2.12. The number of imidazole rings is 1. The van der Waals surface area contributed by atoms with Crippen LogP contribution in [-0.4, -0.2) is 47.0 Å². The Morgan fingerprint density at radius 2 is 1.93 bits per heavy atom. The number of guanidine groups is 1. The van der Waals surface area contributed by atoms with E-state index in [1.54, 1.807) is 26.2 Å². The van der Waals surface area contributed by atoms with E-state index in [1.165, 1.54) is 17.3 Å². The van der Waals surface area contributed by atoms with Gasteiger partial charge in [-0.05, 0) is 24.6 Å². The van der Waals surface area contributed by atoms with Crippen LogP contribution in [0.1, 0.15) is 35.2 Å². The Morgan fingerprint density at radius 3 is 2.50 bits per heavy atom. The average molecular weight is 506 g/mol. The van der Waals surface area contributed by atoms with Gasteiger partial charge in [-0.3, -0.25) is 9.36 Å². The van der Waals surface area contributed by atoms with E-state index in [1.807, 2.05) is 19.1 Å². The fourth-order valence-electron chi connectivity index (χ4n) is 2.34. The largest absolute Gasteiger partial charge is 0.357 e. The molecule has 2 rings (SSSR count). The van der Waals surface area contributed by atoms with Crippen LogP contribution in [0, 0.1) is 0 Å². The molecule has 2 aromatic rings. The maximum absolute atomic E-state index is 12.9. The van der Waals surface area contributed by atoms with Crippen LogP contribution in [0.4, 0.5) is 8.78 Å². The first-order chi connectivity index (χ1) is 12.9. The van der Waals surface area contributed by atoms with Crippen molar-refractivity contribution in [3.05, 3.63) is 53.6 Å². The lowest BCUT2D eigenvalue weighted by Gasteiger charge is -2.12. The van der Waals surface area contributed by atoms with Crippen molar-refractivity contribution in [2.24, 2.45) is 4.99 Å². The summed E-state index contributed by atoms with van der Waals surface area (Å²) >= 11 is 0. The molecule has 1 aromatic carbocycles. The highest BCUT2D eigenvalue weighted by Gasteiger charge is 2.11. The average Bonchev–Trinajstić information content (AvgIpc) is 3.12. The number of alkyl halides is 2. The van der Waals surface area contributed by atoms with Crippen LogP contribution in [-0.2, 0) is 13.1 Å². The Bertz CT molecular complexity index is 777. The maximum atomic E-state index is 12.9. The number of aromatic nitrogens is 2. The van der Waals surface area contributed by atoms with Crippen molar-refractivity contribution in [3.63, 3.8) is 0 Å². The molecular formula is C18H25F2IN6O. The lowest BCUT2D eigenvalue weighted by molar-refractivity contribution is 0.0668. The van der Waals surface area contributed by atoms with Gasteiger partial charge in [-0.1, -0.05) is 12.1 Å². The van der Waals surface area contributed by atoms with Crippen LogP contribution in [0.15, 0.2) is 41.7 Å². The molecular weight excluding hydrogens is 481 g/mol. The molecule has 28 heavy (non-hydrogen) atoms. The van der Waals surface area contributed by atoms with Crippen LogP contribution >= 0.6 is 24.0 Å². The van der Waals surface area contributed by atoms with Crippen molar-refractivity contribution in [2.75, 3.05) is 20.6 Å². The molecule has 2 N–H and O–H groups in total. The second-order valence-electron chi connectivity index (χ2n) is 5.97. The normalized spacial score (nSPS) is 11.1. The van der Waals surface area contributed by atoms with Gasteiger partial charge >= 0.3 is 6.55 Å². The molecule has 0 fully saturated rings. The van der Waals surface area contributed by atoms with E-state index >= 15 is 0 Å². The van der Waals surface area contributed by atoms with Crippen molar-refractivity contribution in [2.45, 2.75) is 26.6 Å². The summed E-state index contributed by atoms with van der Waals surface area (Å²) in [5, 5.41) is 6.06. The Kier molecular flexibility index (Phi) is 9.83. The molecule has 0 saturated carbocycles. The number of amides is 1. The molecule has 0 spiro atoms. The predicted molar refractivity (Wildman–Crippen MR) is 115 cm³/mol. The molecule has 154 valence electrons. The quantitative estimate of drug-likeness (QED) is 0.344. The molecule has 7 nitrogen and oxygen atoms in total. The molecule has 1 aromatic heterocycles. The fraction of sp³-hybridized carbons (Fsp3) is 0.389. The van der Waals surface area contributed by atoms with E-state index in [0.717, 1.165) is 10.1 Å². The topological polar surface area (TPSA) is 74.6 Å². The fourth-order valence-corrected chi connectivity index (χ4v) is 2.34. The monoisotopic (exact) mass is 506 g/mol. The number of benzene rings is 1. The molecule has 0 bridgehead atoms. The van der Waals surface area contributed by atoms with E-state index in [4.69, 9.17) is 0 Å². The third-order valence-electron chi connectivity index (χ3n) is 3.74. The number of aliphatic imine (C=N–C) groups is 1. The summed E-state index contributed by atoms with van der Waals surface area (Å²) in [6.45, 7) is 0.422. The Balaban J connectivity index is 0.00000392. The molecule has 0 saturated heterocycles. The third kappa shape index (κ3) is 6.73. The standard InChI is InChI=1S/C18H24F2N6O.HI/c1-4-21-18(24-12-15-22-9-10-26(15)17(19)20)23-11-13-5-7-14(8-6-13)16(27)25(2)3;/h5-10,17H,4,11-12H2,1-3H3,(H2,21,23,24);1H. The number of rotatable bonds is 7. The minimum Gasteiger partial charge on any atom is -0.357 e. The molecule has 0 aliphatic rings. The first kappa shape index (κ1) is 23.8. The molecule has 0 radical (unpaired) electrons. The van der Waals surface area contributed by atoms with Crippen LogP contribution in [0.2, 0.25) is 0 Å². The van der Waals surface area contributed by atoms with Crippen LogP contribution in [0.5, 0.6) is 0 Å². The van der Waals surface area contributed by atoms with E-state index in [0.29, 0.717) is 24.6 Å². The summed E-state index contributed by atoms with van der Waals surface area (Å²) in [5.41, 5.74) is 1.54. The number of halogens is 3. The zero-order valence-corrected chi connectivity index (χ0v) is 18.4. The van der Waals surface area contributed by atoms with Gasteiger partial charge in [-0.2, -0.15) is 8.78 Å². The minimum absolute atomic E-state index is 0. The van der Waals surface area contributed by atoms with Gasteiger partial charge in [0, 0.05) is 38.6 Å². The van der Waals surface area contributed by atoms with Crippen molar-refractivity contribution in [1.82, 2.24) is 25.1 Å². The molecule has 1 amide bonds. The SMILES string of the molecule is CCNC(=NCc1ccc(C(=O)N(C)C)cc1)NCc1nccn1C(F)F.I. The summed E-state index contributed by atoms with van der Waals surface area (Å²) in [4.78, 5) is 21.8. The molecule has 1 heterocycles. The maximum Gasteiger partial charge on any atom is 0.319 e. The van der Waals surface area contributed by atoms with Crippen molar-refractivity contribution >= 4 is 35.8 Å². The Labute approximate surface area is 180 Å². The predicted octanol–water partition coefficient (Wildman–Crippen LogP) is 2.85. The van der Waals surface area contributed by atoms with Crippen LogP contribution in [0.25, 0.3) is 0 Å². The molecule has 0 atom stereocenters. The molecule has 0 aliphatic heterocycles. The van der Waals surface area contributed by atoms with E-state index in [9.17, 15) is 13.6 Å². The summed E-state index contributed by atoms with van der Waals surface area (Å²) in [6, 6.07) is 7.20. The van der Waals surface area contributed by atoms with Crippen LogP contribution in [0.3, 0.4) is 0 Å². The highest BCUT2D eigenvalue weighted by atomic mass is 127. The summed E-state index contributed by atoms with van der Waals surface area (Å²) in [6.07, 6.45) is 2.58. The van der Waals surface area contributed by atoms with Gasteiger partial charge in [0.05, 0.1) is 13.1 Å². The number of carbonyl (C=O) groups excluding carboxylic acids is 1. The highest BCUT2D eigenvalue weighted by molar-refractivity contribution is 14.0. The van der Waals surface area contributed by atoms with Crippen molar-refractivity contribution in [1.29, 1.82) is 0 Å². The summed E-state index contributed by atoms with van der Waals surface area (Å²) in [5.74, 6) is 0.659. The molecule has 0 aliphatic carbocycles. The first-order valence-corrected chi connectivity index (χ1v) is 8.55. The van der Waals surface area contributed by atoms with Gasteiger partial charge in [0.1, 0.15) is 5.82 Å². The molecule has 10 heteroatoms. The third-order valence-corrected chi connectivity index (χ3v) is 3.74. The van der Waals surface area contributed by atoms with E-state index in [2.05, 4.69) is 20.6 Å². The number of carbonyl (C=O) groups is 1. The molecule has 0 unspecified atom stereocenters. The van der Waals surface area contributed by atoms with Gasteiger partial charge in [0.25, 0.3) is 5.91 Å². The number of nitrogens with zero attached hydrogens (tertiary/aromatic N) is 4. The van der Waals surface area contributed by atoms with Gasteiger partial charge in [0.15, 0.2) is 5.96 Å². The van der Waals surface area contributed by atoms with Crippen molar-refractivity contribution in [3.8, 4) is 0 Å². The first-order valence-electron chi connectivity index (χ1n) is 8.55. The van der Waals surface area contributed by atoms with E-state index in [-0.39, 0.29) is 42.3 Å². The lowest BCUT2D eigenvalue weighted by atomic mass is 10.1. The number of nitrogens with one attached hydrogen (secondary N) is 2. The second-order valence-corrected chi connectivity index (χ2v) is 5.97. The van der Waals surface area contributed by atoms with Gasteiger partial charge in [0.2, 0.25) is 0 Å². The summed E-state index contributed by atoms with van der Waals surface area (Å²) < 4.78 is 26.5. The Hall–Kier alpha value is -2.24. The summed E-state index contributed by atoms with van der Waals surface area (Å²) in [7, 11) is 3.41. The minimum atomic E-state index is -2.63. The number of hydrogen-bond acceptors (Lipinski definition) is 3. The van der Waals surface area contributed by atoms with Gasteiger partial charge < -0.3 is 15.5 Å². The smallest absolute Gasteiger partial charge is 0.319 e. The van der Waals surface area contributed by atoms with Crippen LogP contribution < -0.4 is 10.6 Å². The second kappa shape index (κ2) is 11.6. The number of hydrogen-bond donors (Lipinski definition) is 2. The zero-order chi connectivity index (χ0) is 19.8. The van der Waals surface area contributed by atoms with Gasteiger partial charge in [-0.25, -0.2) is 9.98 Å². The van der Waals surface area contributed by atoms with E-state index < -0.39 is 6.55 Å².